The summed E-state index contributed by atoms with van der Waals surface area (Å²) in [7, 11) is 1.61. The second-order valence-electron chi connectivity index (χ2n) is 3.99. The molecule has 2 rings (SSSR count). The van der Waals surface area contributed by atoms with Crippen LogP contribution in [0.25, 0.3) is 0 Å². The Kier molecular flexibility index (Phi) is 5.01. The van der Waals surface area contributed by atoms with E-state index in [1.165, 1.54) is 0 Å². The molecule has 0 aliphatic heterocycles. The fraction of sp³-hybridized carbons (Fsp3) is 0.133. The van der Waals surface area contributed by atoms with Crippen molar-refractivity contribution in [3.05, 3.63) is 48.5 Å². The number of anilines is 1. The van der Waals surface area contributed by atoms with E-state index in [-0.39, 0.29) is 11.2 Å². The van der Waals surface area contributed by atoms with Crippen LogP contribution < -0.4 is 14.8 Å². The van der Waals surface area contributed by atoms with Gasteiger partial charge in [-0.1, -0.05) is 22.0 Å². The van der Waals surface area contributed by atoms with Crippen LogP contribution in [-0.2, 0) is 4.79 Å². The molecule has 104 valence electrons. The van der Waals surface area contributed by atoms with E-state index in [2.05, 4.69) is 21.2 Å². The Labute approximate surface area is 125 Å². The molecule has 0 aliphatic carbocycles. The number of carbonyl (C=O) groups excluding carboxylic acids is 1. The van der Waals surface area contributed by atoms with Gasteiger partial charge in [-0.3, -0.25) is 4.79 Å². The minimum atomic E-state index is -0.0912. The van der Waals surface area contributed by atoms with Gasteiger partial charge in [0.15, 0.2) is 0 Å². The molecule has 1 amide bonds. The fourth-order valence-corrected chi connectivity index (χ4v) is 1.74. The molecular weight excluding hydrogens is 322 g/mol. The third-order valence-electron chi connectivity index (χ3n) is 2.54. The predicted molar refractivity (Wildman–Crippen MR) is 81.9 cm³/mol. The molecule has 1 N–H and O–H groups in total. The summed E-state index contributed by atoms with van der Waals surface area (Å²) in [4.78, 5) is 11.2. The smallest absolute Gasteiger partial charge is 0.235 e. The normalized spacial score (nSPS) is 9.90. The molecule has 2 aromatic carbocycles. The number of methoxy groups -OCH3 is 1. The molecule has 5 heteroatoms. The lowest BCUT2D eigenvalue weighted by atomic mass is 10.3. The highest BCUT2D eigenvalue weighted by molar-refractivity contribution is 9.09. The maximum Gasteiger partial charge on any atom is 0.235 e. The summed E-state index contributed by atoms with van der Waals surface area (Å²) >= 11 is 3.10. The number of ether oxygens (including phenoxy) is 2. The van der Waals surface area contributed by atoms with E-state index < -0.39 is 0 Å². The van der Waals surface area contributed by atoms with Gasteiger partial charge in [0.05, 0.1) is 12.4 Å². The Morgan fingerprint density at radius 1 is 1.10 bits per heavy atom. The number of nitrogens with one attached hydrogen (secondary N) is 1. The average molecular weight is 336 g/mol. The molecule has 20 heavy (non-hydrogen) atoms. The van der Waals surface area contributed by atoms with E-state index in [9.17, 15) is 4.79 Å². The summed E-state index contributed by atoms with van der Waals surface area (Å²) in [6.07, 6.45) is 0. The molecule has 0 heterocycles. The van der Waals surface area contributed by atoms with Crippen molar-refractivity contribution < 1.29 is 14.3 Å². The van der Waals surface area contributed by atoms with Gasteiger partial charge in [-0.15, -0.1) is 0 Å². The first-order valence-corrected chi connectivity index (χ1v) is 7.11. The van der Waals surface area contributed by atoms with E-state index in [0.717, 1.165) is 11.4 Å². The Bertz CT molecular complexity index is 584. The number of hydrogen-bond acceptors (Lipinski definition) is 3. The number of hydrogen-bond donors (Lipinski definition) is 1. The summed E-state index contributed by atoms with van der Waals surface area (Å²) in [5.74, 6) is 2.03. The average Bonchev–Trinajstić information content (AvgIpc) is 2.49. The van der Waals surface area contributed by atoms with Crippen LogP contribution >= 0.6 is 15.9 Å². The number of carbonyl (C=O) groups is 1. The minimum Gasteiger partial charge on any atom is -0.497 e. The molecule has 0 spiro atoms. The Hall–Kier alpha value is -2.01. The highest BCUT2D eigenvalue weighted by Crippen LogP contribution is 2.26. The van der Waals surface area contributed by atoms with Crippen molar-refractivity contribution in [2.24, 2.45) is 0 Å². The van der Waals surface area contributed by atoms with E-state index in [0.29, 0.717) is 11.5 Å². The molecule has 0 radical (unpaired) electrons. The molecule has 0 aliphatic rings. The summed E-state index contributed by atoms with van der Waals surface area (Å²) in [5.41, 5.74) is 0.729. The van der Waals surface area contributed by atoms with Gasteiger partial charge in [-0.25, -0.2) is 0 Å². The lowest BCUT2D eigenvalue weighted by molar-refractivity contribution is -0.113. The minimum absolute atomic E-state index is 0.0912. The molecule has 0 unspecified atom stereocenters. The van der Waals surface area contributed by atoms with Gasteiger partial charge in [-0.05, 0) is 36.4 Å². The van der Waals surface area contributed by atoms with Crippen LogP contribution in [0, 0.1) is 0 Å². The van der Waals surface area contributed by atoms with Gasteiger partial charge in [0, 0.05) is 11.8 Å². The van der Waals surface area contributed by atoms with Crippen LogP contribution in [0.3, 0.4) is 0 Å². The van der Waals surface area contributed by atoms with Crippen LogP contribution in [0.5, 0.6) is 17.2 Å². The van der Waals surface area contributed by atoms with Crippen molar-refractivity contribution >= 4 is 27.5 Å². The molecule has 0 bridgehead atoms. The quantitative estimate of drug-likeness (QED) is 0.845. The number of benzene rings is 2. The molecule has 2 aromatic rings. The van der Waals surface area contributed by atoms with Crippen LogP contribution in [0.2, 0.25) is 0 Å². The maximum absolute atomic E-state index is 11.2. The topological polar surface area (TPSA) is 47.6 Å². The Balaban J connectivity index is 2.04. The number of rotatable bonds is 5. The molecule has 0 saturated carbocycles. The van der Waals surface area contributed by atoms with Crippen molar-refractivity contribution in [3.8, 4) is 17.2 Å². The van der Waals surface area contributed by atoms with Crippen LogP contribution in [0.1, 0.15) is 0 Å². The van der Waals surface area contributed by atoms with Crippen molar-refractivity contribution in [2.75, 3.05) is 17.8 Å². The SMILES string of the molecule is COc1cccc(Oc2ccc(NC(=O)CBr)cc2)c1. The predicted octanol–water partition coefficient (Wildman–Crippen LogP) is 3.82. The number of halogens is 1. The first kappa shape index (κ1) is 14.4. The Morgan fingerprint density at radius 2 is 1.80 bits per heavy atom. The zero-order valence-corrected chi connectivity index (χ0v) is 12.5. The molecule has 0 atom stereocenters. The van der Waals surface area contributed by atoms with Gasteiger partial charge in [-0.2, -0.15) is 0 Å². The highest BCUT2D eigenvalue weighted by atomic mass is 79.9. The number of alkyl halides is 1. The Morgan fingerprint density at radius 3 is 2.45 bits per heavy atom. The molecule has 0 saturated heterocycles. The monoisotopic (exact) mass is 335 g/mol. The van der Waals surface area contributed by atoms with Gasteiger partial charge in [0.25, 0.3) is 0 Å². The second kappa shape index (κ2) is 6.96. The van der Waals surface area contributed by atoms with Crippen molar-refractivity contribution in [3.63, 3.8) is 0 Å². The number of amides is 1. The molecule has 0 fully saturated rings. The zero-order valence-electron chi connectivity index (χ0n) is 10.9. The summed E-state index contributed by atoms with van der Waals surface area (Å²) in [6, 6.07) is 14.5. The van der Waals surface area contributed by atoms with Gasteiger partial charge >= 0.3 is 0 Å². The summed E-state index contributed by atoms with van der Waals surface area (Å²) < 4.78 is 10.8. The van der Waals surface area contributed by atoms with E-state index in [1.54, 1.807) is 37.4 Å². The van der Waals surface area contributed by atoms with Gasteiger partial charge in [0.2, 0.25) is 5.91 Å². The van der Waals surface area contributed by atoms with Gasteiger partial charge in [0.1, 0.15) is 17.2 Å². The largest absolute Gasteiger partial charge is 0.497 e. The fourth-order valence-electron chi connectivity index (χ4n) is 1.60. The van der Waals surface area contributed by atoms with Crippen LogP contribution in [0.15, 0.2) is 48.5 Å². The molecule has 0 aromatic heterocycles. The second-order valence-corrected chi connectivity index (χ2v) is 4.55. The van der Waals surface area contributed by atoms with Crippen LogP contribution in [-0.4, -0.2) is 18.3 Å². The molecule has 4 nitrogen and oxygen atoms in total. The third kappa shape index (κ3) is 3.99. The standard InChI is InChI=1S/C15H14BrNO3/c1-19-13-3-2-4-14(9-13)20-12-7-5-11(6-8-12)17-15(18)10-16/h2-9H,10H2,1H3,(H,17,18). The zero-order chi connectivity index (χ0) is 14.4. The lowest BCUT2D eigenvalue weighted by Gasteiger charge is -2.08. The maximum atomic E-state index is 11.2. The van der Waals surface area contributed by atoms with E-state index in [1.807, 2.05) is 18.2 Å². The van der Waals surface area contributed by atoms with Crippen LogP contribution in [0.4, 0.5) is 5.69 Å². The van der Waals surface area contributed by atoms with Crippen molar-refractivity contribution in [1.82, 2.24) is 0 Å². The van der Waals surface area contributed by atoms with E-state index >= 15 is 0 Å². The van der Waals surface area contributed by atoms with Gasteiger partial charge < -0.3 is 14.8 Å². The third-order valence-corrected chi connectivity index (χ3v) is 3.05. The lowest BCUT2D eigenvalue weighted by Crippen LogP contribution is -2.11. The first-order chi connectivity index (χ1) is 9.71. The van der Waals surface area contributed by atoms with Crippen molar-refractivity contribution in [1.29, 1.82) is 0 Å². The first-order valence-electron chi connectivity index (χ1n) is 5.99. The highest BCUT2D eigenvalue weighted by Gasteiger charge is 2.02. The summed E-state index contributed by atoms with van der Waals surface area (Å²) in [5, 5.41) is 3.01. The van der Waals surface area contributed by atoms with Crippen molar-refractivity contribution in [2.45, 2.75) is 0 Å². The van der Waals surface area contributed by atoms with E-state index in [4.69, 9.17) is 9.47 Å². The molecular formula is C15H14BrNO3. The summed E-state index contributed by atoms with van der Waals surface area (Å²) in [6.45, 7) is 0.